The largest absolute Gasteiger partial charge is 0.497 e. The molecular formula is C28H21NO3. The third-order valence-electron chi connectivity index (χ3n) is 5.56. The summed E-state index contributed by atoms with van der Waals surface area (Å²) in [5.41, 5.74) is 3.84. The number of para-hydroxylation sites is 1. The lowest BCUT2D eigenvalue weighted by molar-refractivity contribution is 0.0476. The van der Waals surface area contributed by atoms with E-state index in [0.717, 1.165) is 38.6 Å². The Morgan fingerprint density at radius 3 is 2.34 bits per heavy atom. The normalized spacial score (nSPS) is 10.9. The van der Waals surface area contributed by atoms with Gasteiger partial charge in [0.05, 0.1) is 23.9 Å². The van der Waals surface area contributed by atoms with Gasteiger partial charge in [-0.3, -0.25) is 0 Å². The Bertz CT molecular complexity index is 1420. The predicted octanol–water partition coefficient (Wildman–Crippen LogP) is 6.42. The Labute approximate surface area is 186 Å². The van der Waals surface area contributed by atoms with Gasteiger partial charge in [0.1, 0.15) is 12.4 Å². The first-order valence-electron chi connectivity index (χ1n) is 10.4. The van der Waals surface area contributed by atoms with Crippen LogP contribution >= 0.6 is 0 Å². The van der Waals surface area contributed by atoms with Crippen LogP contribution in [0.2, 0.25) is 0 Å². The van der Waals surface area contributed by atoms with E-state index in [2.05, 4.69) is 12.1 Å². The molecule has 0 atom stereocenters. The number of rotatable bonds is 5. The average Bonchev–Trinajstić information content (AvgIpc) is 2.86. The van der Waals surface area contributed by atoms with Crippen molar-refractivity contribution >= 4 is 27.6 Å². The van der Waals surface area contributed by atoms with Crippen molar-refractivity contribution in [2.45, 2.75) is 6.61 Å². The van der Waals surface area contributed by atoms with Crippen LogP contribution in [-0.2, 0) is 11.3 Å². The Morgan fingerprint density at radius 2 is 1.53 bits per heavy atom. The molecule has 0 saturated heterocycles. The minimum absolute atomic E-state index is 0.203. The van der Waals surface area contributed by atoms with Gasteiger partial charge in [0, 0.05) is 10.9 Å². The smallest absolute Gasteiger partial charge is 0.339 e. The van der Waals surface area contributed by atoms with E-state index in [9.17, 15) is 4.79 Å². The molecule has 0 unspecified atom stereocenters. The molecule has 0 aliphatic carbocycles. The van der Waals surface area contributed by atoms with Crippen molar-refractivity contribution in [1.29, 1.82) is 0 Å². The molecule has 32 heavy (non-hydrogen) atoms. The zero-order valence-corrected chi connectivity index (χ0v) is 17.6. The summed E-state index contributed by atoms with van der Waals surface area (Å²) in [6, 6.07) is 31.2. The topological polar surface area (TPSA) is 48.4 Å². The molecule has 4 heteroatoms. The first-order chi connectivity index (χ1) is 15.7. The molecule has 0 spiro atoms. The van der Waals surface area contributed by atoms with Gasteiger partial charge in [-0.15, -0.1) is 0 Å². The zero-order chi connectivity index (χ0) is 21.9. The highest BCUT2D eigenvalue weighted by atomic mass is 16.5. The number of pyridine rings is 1. The number of esters is 1. The van der Waals surface area contributed by atoms with Crippen LogP contribution < -0.4 is 4.74 Å². The van der Waals surface area contributed by atoms with E-state index >= 15 is 0 Å². The molecule has 156 valence electrons. The Kier molecular flexibility index (Phi) is 5.26. The van der Waals surface area contributed by atoms with Gasteiger partial charge >= 0.3 is 5.97 Å². The van der Waals surface area contributed by atoms with Crippen molar-refractivity contribution in [3.05, 3.63) is 108 Å². The van der Waals surface area contributed by atoms with Crippen LogP contribution in [0.25, 0.3) is 32.9 Å². The fourth-order valence-electron chi connectivity index (χ4n) is 3.89. The zero-order valence-electron chi connectivity index (χ0n) is 17.6. The maximum Gasteiger partial charge on any atom is 0.339 e. The second-order valence-electron chi connectivity index (χ2n) is 7.52. The van der Waals surface area contributed by atoms with E-state index in [1.165, 1.54) is 0 Å². The van der Waals surface area contributed by atoms with Crippen molar-refractivity contribution in [3.8, 4) is 17.0 Å². The molecule has 0 N–H and O–H groups in total. The number of benzene rings is 4. The van der Waals surface area contributed by atoms with Crippen LogP contribution in [0.5, 0.6) is 5.75 Å². The van der Waals surface area contributed by atoms with E-state index in [-0.39, 0.29) is 12.6 Å². The third-order valence-corrected chi connectivity index (χ3v) is 5.56. The second kappa shape index (κ2) is 8.52. The summed E-state index contributed by atoms with van der Waals surface area (Å²) in [4.78, 5) is 17.9. The van der Waals surface area contributed by atoms with Crippen LogP contribution in [0.15, 0.2) is 97.1 Å². The highest BCUT2D eigenvalue weighted by Gasteiger charge is 2.16. The van der Waals surface area contributed by atoms with Gasteiger partial charge in [-0.05, 0) is 52.7 Å². The fraction of sp³-hybridized carbons (Fsp3) is 0.0714. The number of ether oxygens (including phenoxy) is 2. The molecule has 5 aromatic rings. The van der Waals surface area contributed by atoms with Crippen molar-refractivity contribution in [3.63, 3.8) is 0 Å². The molecule has 1 heterocycles. The van der Waals surface area contributed by atoms with E-state index in [4.69, 9.17) is 14.5 Å². The summed E-state index contributed by atoms with van der Waals surface area (Å²) in [5, 5.41) is 2.98. The SMILES string of the molecule is COc1ccc(-c2cc(C(=O)OCc3cccc4ccccc34)c3ccccc3n2)cc1. The van der Waals surface area contributed by atoms with Gasteiger partial charge < -0.3 is 9.47 Å². The Morgan fingerprint density at radius 1 is 0.812 bits per heavy atom. The van der Waals surface area contributed by atoms with Crippen LogP contribution in [-0.4, -0.2) is 18.1 Å². The molecule has 5 rings (SSSR count). The van der Waals surface area contributed by atoms with Gasteiger partial charge in [0.2, 0.25) is 0 Å². The van der Waals surface area contributed by atoms with Crippen LogP contribution in [0, 0.1) is 0 Å². The monoisotopic (exact) mass is 419 g/mol. The van der Waals surface area contributed by atoms with E-state index in [1.54, 1.807) is 13.2 Å². The maximum absolute atomic E-state index is 13.2. The Balaban J connectivity index is 1.50. The van der Waals surface area contributed by atoms with Crippen LogP contribution in [0.4, 0.5) is 0 Å². The Hall–Kier alpha value is -4.18. The quantitative estimate of drug-likeness (QED) is 0.308. The van der Waals surface area contributed by atoms with Gasteiger partial charge in [0.25, 0.3) is 0 Å². The molecule has 0 aliphatic rings. The molecule has 0 saturated carbocycles. The predicted molar refractivity (Wildman–Crippen MR) is 127 cm³/mol. The average molecular weight is 419 g/mol. The molecule has 0 bridgehead atoms. The summed E-state index contributed by atoms with van der Waals surface area (Å²) in [5.74, 6) is 0.399. The number of nitrogens with zero attached hydrogens (tertiary/aromatic N) is 1. The van der Waals surface area contributed by atoms with E-state index in [0.29, 0.717) is 11.3 Å². The number of carbonyl (C=O) groups is 1. The lowest BCUT2D eigenvalue weighted by Gasteiger charge is -2.11. The van der Waals surface area contributed by atoms with Gasteiger partial charge in [-0.2, -0.15) is 0 Å². The molecule has 0 aliphatic heterocycles. The lowest BCUT2D eigenvalue weighted by Crippen LogP contribution is -2.07. The summed E-state index contributed by atoms with van der Waals surface area (Å²) in [7, 11) is 1.63. The van der Waals surface area contributed by atoms with Crippen molar-refractivity contribution in [2.75, 3.05) is 7.11 Å². The number of carbonyl (C=O) groups excluding carboxylic acids is 1. The molecule has 0 fully saturated rings. The lowest BCUT2D eigenvalue weighted by atomic mass is 10.0. The highest BCUT2D eigenvalue weighted by molar-refractivity contribution is 6.04. The minimum Gasteiger partial charge on any atom is -0.497 e. The van der Waals surface area contributed by atoms with Gasteiger partial charge in [-0.25, -0.2) is 9.78 Å². The fourth-order valence-corrected chi connectivity index (χ4v) is 3.89. The summed E-state index contributed by atoms with van der Waals surface area (Å²) in [6.45, 7) is 0.203. The number of methoxy groups -OCH3 is 1. The van der Waals surface area contributed by atoms with Crippen LogP contribution in [0.1, 0.15) is 15.9 Å². The molecule has 1 aromatic heterocycles. The van der Waals surface area contributed by atoms with E-state index < -0.39 is 0 Å². The number of fused-ring (bicyclic) bond motifs is 2. The van der Waals surface area contributed by atoms with Crippen molar-refractivity contribution in [1.82, 2.24) is 4.98 Å². The van der Waals surface area contributed by atoms with Crippen molar-refractivity contribution < 1.29 is 14.3 Å². The third kappa shape index (κ3) is 3.79. The molecular weight excluding hydrogens is 398 g/mol. The summed E-state index contributed by atoms with van der Waals surface area (Å²) in [6.07, 6.45) is 0. The number of aromatic nitrogens is 1. The molecule has 0 radical (unpaired) electrons. The van der Waals surface area contributed by atoms with Crippen LogP contribution in [0.3, 0.4) is 0 Å². The molecule has 0 amide bonds. The van der Waals surface area contributed by atoms with Gasteiger partial charge in [0.15, 0.2) is 0 Å². The van der Waals surface area contributed by atoms with E-state index in [1.807, 2.05) is 78.9 Å². The summed E-state index contributed by atoms with van der Waals surface area (Å²) >= 11 is 0. The second-order valence-corrected chi connectivity index (χ2v) is 7.52. The first kappa shape index (κ1) is 19.8. The minimum atomic E-state index is -0.369. The summed E-state index contributed by atoms with van der Waals surface area (Å²) < 4.78 is 11.0. The number of hydrogen-bond donors (Lipinski definition) is 0. The van der Waals surface area contributed by atoms with Crippen molar-refractivity contribution in [2.24, 2.45) is 0 Å². The molecule has 4 nitrogen and oxygen atoms in total. The molecule has 4 aromatic carbocycles. The highest BCUT2D eigenvalue weighted by Crippen LogP contribution is 2.27. The van der Waals surface area contributed by atoms with Gasteiger partial charge in [-0.1, -0.05) is 60.7 Å². The first-order valence-corrected chi connectivity index (χ1v) is 10.4. The standard InChI is InChI=1S/C28H21NO3/c1-31-22-15-13-20(14-16-22)27-17-25(24-11-4-5-12-26(24)29-27)28(30)32-18-21-9-6-8-19-7-2-3-10-23(19)21/h2-17H,18H2,1H3. The maximum atomic E-state index is 13.2. The number of hydrogen-bond acceptors (Lipinski definition) is 4.